The van der Waals surface area contributed by atoms with Crippen molar-refractivity contribution in [2.45, 2.75) is 72.0 Å². The molecule has 1 atom stereocenters. The Kier molecular flexibility index (Phi) is 9.05. The summed E-state index contributed by atoms with van der Waals surface area (Å²) in [6, 6.07) is 0. The topological polar surface area (TPSA) is 63.6 Å². The summed E-state index contributed by atoms with van der Waals surface area (Å²) in [5.74, 6) is -88.6. The monoisotopic (exact) mass is 672 g/mol. The number of hydrogen-bond donors (Lipinski definition) is 1. The van der Waals surface area contributed by atoms with Gasteiger partial charge in [0.1, 0.15) is 6.42 Å². The van der Waals surface area contributed by atoms with Crippen LogP contribution in [0.25, 0.3) is 0 Å². The van der Waals surface area contributed by atoms with Crippen molar-refractivity contribution in [2.75, 3.05) is 0 Å². The summed E-state index contributed by atoms with van der Waals surface area (Å²) in [6.45, 7) is 0. The van der Waals surface area contributed by atoms with E-state index < -0.39 is 83.9 Å². The number of rotatable bonds is 11. The molecule has 1 unspecified atom stereocenters. The molecule has 1 N–H and O–H groups in total. The van der Waals surface area contributed by atoms with Crippen LogP contribution in [0.3, 0.4) is 0 Å². The Morgan fingerprint density at radius 3 is 0.878 bits per heavy atom. The van der Waals surface area contributed by atoms with Gasteiger partial charge in [-0.1, -0.05) is 0 Å². The number of esters is 1. The summed E-state index contributed by atoms with van der Waals surface area (Å²) in [5, 5.41) is 8.02. The van der Waals surface area contributed by atoms with E-state index in [4.69, 9.17) is 5.11 Å². The zero-order chi connectivity index (χ0) is 34.1. The highest BCUT2D eigenvalue weighted by Crippen LogP contribution is 2.67. The Bertz CT molecular complexity index is 1010. The summed E-state index contributed by atoms with van der Waals surface area (Å²) in [7, 11) is 0. The van der Waals surface area contributed by atoms with Gasteiger partial charge in [-0.25, -0.2) is 0 Å². The van der Waals surface area contributed by atoms with Crippen LogP contribution in [0.15, 0.2) is 0 Å². The van der Waals surface area contributed by atoms with E-state index >= 15 is 0 Å². The highest BCUT2D eigenvalue weighted by atomic mass is 19.4. The fourth-order valence-corrected chi connectivity index (χ4v) is 2.18. The van der Waals surface area contributed by atoms with Crippen LogP contribution < -0.4 is 0 Å². The van der Waals surface area contributed by atoms with Gasteiger partial charge in [0.2, 0.25) is 0 Å². The standard InChI is InChI=1S/C14H3F23O4/c15-4(16,5(17,18)7(21,22)9(25,26)11(29,30)13(32,33)34)6(19,20)8(23,24)10(27,28)12(31,14(35,36)37)41-3(40)1-2(38)39/h1H2,(H,38,39). The molecular weight excluding hydrogens is 669 g/mol. The molecule has 0 aliphatic carbocycles. The van der Waals surface area contributed by atoms with Crippen LogP contribution in [0.4, 0.5) is 101 Å². The zero-order valence-electron chi connectivity index (χ0n) is 17.6. The Balaban J connectivity index is 7.36. The first-order chi connectivity index (χ1) is 17.3. The van der Waals surface area contributed by atoms with Crippen molar-refractivity contribution in [1.29, 1.82) is 0 Å². The van der Waals surface area contributed by atoms with E-state index in [1.165, 1.54) is 0 Å². The summed E-state index contributed by atoms with van der Waals surface area (Å²) in [4.78, 5) is 20.9. The third-order valence-corrected chi connectivity index (χ3v) is 4.43. The molecule has 0 aromatic heterocycles. The van der Waals surface area contributed by atoms with Crippen LogP contribution in [0, 0.1) is 0 Å². The molecule has 41 heavy (non-hydrogen) atoms. The van der Waals surface area contributed by atoms with E-state index in [1.807, 2.05) is 4.74 Å². The second-order valence-corrected chi connectivity index (χ2v) is 7.23. The molecule has 27 heteroatoms. The molecule has 0 heterocycles. The van der Waals surface area contributed by atoms with Crippen LogP contribution in [-0.2, 0) is 14.3 Å². The number of carbonyl (C=O) groups excluding carboxylic acids is 1. The highest BCUT2D eigenvalue weighted by Gasteiger charge is 2.99. The van der Waals surface area contributed by atoms with E-state index in [1.54, 1.807) is 0 Å². The minimum absolute atomic E-state index is 1.96. The quantitative estimate of drug-likeness (QED) is 0.148. The van der Waals surface area contributed by atoms with Gasteiger partial charge in [-0.05, 0) is 0 Å². The molecule has 0 aliphatic rings. The summed E-state index contributed by atoms with van der Waals surface area (Å²) >= 11 is 0. The van der Waals surface area contributed by atoms with Gasteiger partial charge in [-0.2, -0.15) is 101 Å². The first-order valence-corrected chi connectivity index (χ1v) is 8.59. The molecule has 0 amide bonds. The fourth-order valence-electron chi connectivity index (χ4n) is 2.18. The lowest BCUT2D eigenvalue weighted by Gasteiger charge is -2.45. The minimum Gasteiger partial charge on any atom is -0.481 e. The lowest BCUT2D eigenvalue weighted by molar-refractivity contribution is -0.487. The molecular formula is C14H3F23O4. The van der Waals surface area contributed by atoms with Crippen molar-refractivity contribution in [3.63, 3.8) is 0 Å². The highest BCUT2D eigenvalue weighted by molar-refractivity contribution is 5.90. The van der Waals surface area contributed by atoms with Crippen LogP contribution in [0.2, 0.25) is 0 Å². The maximum Gasteiger partial charge on any atom is 0.467 e. The number of carboxylic acids is 1. The van der Waals surface area contributed by atoms with Gasteiger partial charge in [0, 0.05) is 0 Å². The van der Waals surface area contributed by atoms with Gasteiger partial charge in [0.25, 0.3) is 0 Å². The number of alkyl halides is 23. The maximum atomic E-state index is 13.9. The predicted molar refractivity (Wildman–Crippen MR) is 73.9 cm³/mol. The lowest BCUT2D eigenvalue weighted by atomic mass is 9.86. The van der Waals surface area contributed by atoms with E-state index in [2.05, 4.69) is 0 Å². The molecule has 0 aromatic carbocycles. The molecule has 0 saturated heterocycles. The Morgan fingerprint density at radius 2 is 0.659 bits per heavy atom. The van der Waals surface area contributed by atoms with Gasteiger partial charge >= 0.3 is 77.5 Å². The van der Waals surface area contributed by atoms with E-state index in [-0.39, 0.29) is 0 Å². The van der Waals surface area contributed by atoms with Gasteiger partial charge in [-0.3, -0.25) is 9.59 Å². The molecule has 244 valence electrons. The molecule has 0 aliphatic heterocycles. The van der Waals surface area contributed by atoms with Gasteiger partial charge in [-0.15, -0.1) is 0 Å². The van der Waals surface area contributed by atoms with Crippen LogP contribution in [0.5, 0.6) is 0 Å². The first-order valence-electron chi connectivity index (χ1n) is 8.59. The Hall–Kier alpha value is -2.67. The summed E-state index contributed by atoms with van der Waals surface area (Å²) < 4.78 is 305. The van der Waals surface area contributed by atoms with Crippen molar-refractivity contribution in [3.8, 4) is 0 Å². The molecule has 0 spiro atoms. The minimum atomic E-state index is -9.56. The Morgan fingerprint density at radius 1 is 0.415 bits per heavy atom. The fraction of sp³-hybridized carbons (Fsp3) is 0.857. The third kappa shape index (κ3) is 5.02. The molecule has 4 nitrogen and oxygen atoms in total. The van der Waals surface area contributed by atoms with Crippen molar-refractivity contribution in [2.24, 2.45) is 0 Å². The van der Waals surface area contributed by atoms with Crippen LogP contribution in [-0.4, -0.2) is 82.6 Å². The Labute approximate surface area is 206 Å². The van der Waals surface area contributed by atoms with E-state index in [0.29, 0.717) is 0 Å². The number of hydrogen-bond acceptors (Lipinski definition) is 3. The molecule has 0 bridgehead atoms. The predicted octanol–water partition coefficient (Wildman–Crippen LogP) is 6.88. The second-order valence-electron chi connectivity index (χ2n) is 7.23. The largest absolute Gasteiger partial charge is 0.481 e. The normalized spacial score (nSPS) is 17.2. The summed E-state index contributed by atoms with van der Waals surface area (Å²) in [5.41, 5.74) is 0. The average molecular weight is 672 g/mol. The van der Waals surface area contributed by atoms with Crippen molar-refractivity contribution >= 4 is 11.9 Å². The molecule has 0 fully saturated rings. The van der Waals surface area contributed by atoms with Crippen LogP contribution >= 0.6 is 0 Å². The van der Waals surface area contributed by atoms with Gasteiger partial charge < -0.3 is 9.84 Å². The molecule has 0 rings (SSSR count). The molecule has 0 saturated carbocycles. The molecule has 0 radical (unpaired) electrons. The number of ether oxygens (including phenoxy) is 1. The first kappa shape index (κ1) is 38.3. The smallest absolute Gasteiger partial charge is 0.467 e. The summed E-state index contributed by atoms with van der Waals surface area (Å²) in [6.07, 6.45) is -19.0. The van der Waals surface area contributed by atoms with Gasteiger partial charge in [0.15, 0.2) is 0 Å². The van der Waals surface area contributed by atoms with Crippen molar-refractivity contribution in [3.05, 3.63) is 0 Å². The SMILES string of the molecule is O=C(O)CC(=O)OC(F)(C(F)(F)F)C(F)(F)C(F)(F)C(F)(F)C(F)(F)C(F)(F)C(F)(F)C(F)(F)C(F)(F)C(F)(F)F. The number of aliphatic carboxylic acids is 1. The van der Waals surface area contributed by atoms with Crippen LogP contribution in [0.1, 0.15) is 6.42 Å². The van der Waals surface area contributed by atoms with E-state index in [0.717, 1.165) is 0 Å². The lowest BCUT2D eigenvalue weighted by Crippen LogP contribution is -2.78. The van der Waals surface area contributed by atoms with E-state index in [9.17, 15) is 111 Å². The van der Waals surface area contributed by atoms with Gasteiger partial charge in [0.05, 0.1) is 0 Å². The van der Waals surface area contributed by atoms with Crippen molar-refractivity contribution in [1.82, 2.24) is 0 Å². The second kappa shape index (κ2) is 9.68. The average Bonchev–Trinajstić information content (AvgIpc) is 2.69. The number of carbonyl (C=O) groups is 2. The van der Waals surface area contributed by atoms with Crippen molar-refractivity contribution < 1.29 is 120 Å². The third-order valence-electron chi connectivity index (χ3n) is 4.43. The zero-order valence-corrected chi connectivity index (χ0v) is 17.6. The maximum absolute atomic E-state index is 13.9. The number of carboxylic acid groups (broad SMARTS) is 1. The molecule has 0 aromatic rings. The number of halogens is 23.